The second-order valence-electron chi connectivity index (χ2n) is 7.30. The van der Waals surface area contributed by atoms with E-state index in [4.69, 9.17) is 16.0 Å². The fourth-order valence-electron chi connectivity index (χ4n) is 3.40. The van der Waals surface area contributed by atoms with Crippen LogP contribution in [0.1, 0.15) is 43.7 Å². The lowest BCUT2D eigenvalue weighted by atomic mass is 9.96. The van der Waals surface area contributed by atoms with Crippen LogP contribution < -0.4 is 10.6 Å². The van der Waals surface area contributed by atoms with Gasteiger partial charge in [0.15, 0.2) is 5.76 Å². The zero-order valence-corrected chi connectivity index (χ0v) is 19.0. The maximum Gasteiger partial charge on any atom is 0.291 e. The van der Waals surface area contributed by atoms with Crippen LogP contribution in [-0.4, -0.2) is 10.9 Å². The summed E-state index contributed by atoms with van der Waals surface area (Å²) < 4.78 is 5.26. The summed E-state index contributed by atoms with van der Waals surface area (Å²) in [6.45, 7) is 6.15. The Morgan fingerprint density at radius 2 is 1.90 bits per heavy atom. The van der Waals surface area contributed by atoms with Crippen molar-refractivity contribution in [3.05, 3.63) is 98.9 Å². The number of hydrogen-bond donors (Lipinski definition) is 2. The largest absolute Gasteiger partial charge is 0.459 e. The van der Waals surface area contributed by atoms with E-state index < -0.39 is 0 Å². The molecule has 0 fully saturated rings. The third-order valence-electron chi connectivity index (χ3n) is 5.10. The van der Waals surface area contributed by atoms with Gasteiger partial charge in [0.1, 0.15) is 10.8 Å². The van der Waals surface area contributed by atoms with Crippen molar-refractivity contribution in [3.63, 3.8) is 0 Å². The molecule has 2 N–H and O–H groups in total. The number of carbonyl (C=O) groups excluding carboxylic acids is 1. The number of nitrogens with zero attached hydrogens (tertiary/aromatic N) is 1. The summed E-state index contributed by atoms with van der Waals surface area (Å²) in [5.74, 6) is 0.744. The Labute approximate surface area is 190 Å². The van der Waals surface area contributed by atoms with Gasteiger partial charge in [-0.1, -0.05) is 23.7 Å². The summed E-state index contributed by atoms with van der Waals surface area (Å²) in [6.07, 6.45) is 3.27. The van der Waals surface area contributed by atoms with Crippen LogP contribution in [0.4, 0.5) is 10.8 Å². The SMILES string of the molecule is Cc1ccnc(N[C@H](c2ccc(Cl)cc2)c2c(NC(=O)c3ccco3)sc(C)c2C)c1. The first-order chi connectivity index (χ1) is 14.9. The normalized spacial score (nSPS) is 11.9. The number of thiophene rings is 1. The zero-order valence-electron chi connectivity index (χ0n) is 17.4. The van der Waals surface area contributed by atoms with E-state index in [2.05, 4.69) is 29.5 Å². The molecule has 0 aliphatic heterocycles. The van der Waals surface area contributed by atoms with E-state index in [0.29, 0.717) is 5.02 Å². The third kappa shape index (κ3) is 4.65. The van der Waals surface area contributed by atoms with Gasteiger partial charge in [-0.05, 0) is 73.9 Å². The molecule has 0 saturated carbocycles. The second kappa shape index (κ2) is 8.96. The predicted octanol–water partition coefficient (Wildman–Crippen LogP) is 6.77. The summed E-state index contributed by atoms with van der Waals surface area (Å²) in [4.78, 5) is 18.3. The fraction of sp³-hybridized carbons (Fsp3) is 0.167. The summed E-state index contributed by atoms with van der Waals surface area (Å²) in [5.41, 5.74) is 4.23. The van der Waals surface area contributed by atoms with Crippen LogP contribution in [0, 0.1) is 20.8 Å². The maximum absolute atomic E-state index is 12.7. The van der Waals surface area contributed by atoms with Gasteiger partial charge in [0.25, 0.3) is 5.91 Å². The fourth-order valence-corrected chi connectivity index (χ4v) is 4.62. The van der Waals surface area contributed by atoms with Crippen LogP contribution in [0.15, 0.2) is 65.4 Å². The van der Waals surface area contributed by atoms with Crippen molar-refractivity contribution in [1.29, 1.82) is 0 Å². The first kappa shape index (κ1) is 21.2. The zero-order chi connectivity index (χ0) is 22.0. The molecule has 1 amide bonds. The molecular weight excluding hydrogens is 430 g/mol. The molecule has 0 aliphatic rings. The lowest BCUT2D eigenvalue weighted by molar-refractivity contribution is 0.0997. The number of anilines is 2. The van der Waals surface area contributed by atoms with E-state index in [0.717, 1.165) is 37.9 Å². The molecule has 4 aromatic rings. The molecule has 3 aromatic heterocycles. The average Bonchev–Trinajstić information content (AvgIpc) is 3.37. The Kier molecular flexibility index (Phi) is 6.11. The minimum Gasteiger partial charge on any atom is -0.459 e. The smallest absolute Gasteiger partial charge is 0.291 e. The third-order valence-corrected chi connectivity index (χ3v) is 6.49. The molecule has 31 heavy (non-hydrogen) atoms. The highest BCUT2D eigenvalue weighted by Gasteiger charge is 2.25. The minimum absolute atomic E-state index is 0.233. The highest BCUT2D eigenvalue weighted by molar-refractivity contribution is 7.16. The quantitative estimate of drug-likeness (QED) is 0.339. The van der Waals surface area contributed by atoms with Gasteiger partial charge in [0.2, 0.25) is 0 Å². The topological polar surface area (TPSA) is 67.2 Å². The molecule has 5 nitrogen and oxygen atoms in total. The van der Waals surface area contributed by atoms with Crippen LogP contribution in [0.5, 0.6) is 0 Å². The van der Waals surface area contributed by atoms with Crippen molar-refractivity contribution >= 4 is 39.7 Å². The summed E-state index contributed by atoms with van der Waals surface area (Å²) in [5, 5.41) is 8.03. The Morgan fingerprint density at radius 1 is 1.13 bits per heavy atom. The highest BCUT2D eigenvalue weighted by Crippen LogP contribution is 2.41. The van der Waals surface area contributed by atoms with Gasteiger partial charge < -0.3 is 15.1 Å². The molecule has 158 valence electrons. The molecule has 0 spiro atoms. The molecule has 1 aromatic carbocycles. The van der Waals surface area contributed by atoms with Crippen LogP contribution in [0.25, 0.3) is 0 Å². The van der Waals surface area contributed by atoms with E-state index in [1.54, 1.807) is 29.7 Å². The summed E-state index contributed by atoms with van der Waals surface area (Å²) in [7, 11) is 0. The molecule has 4 rings (SSSR count). The molecular formula is C24H22ClN3O2S. The molecule has 3 heterocycles. The predicted molar refractivity (Wildman–Crippen MR) is 126 cm³/mol. The van der Waals surface area contributed by atoms with E-state index in [-0.39, 0.29) is 17.7 Å². The Bertz CT molecular complexity index is 1200. The summed E-state index contributed by atoms with van der Waals surface area (Å²) >= 11 is 7.68. The molecule has 7 heteroatoms. The lowest BCUT2D eigenvalue weighted by Gasteiger charge is -2.22. The van der Waals surface area contributed by atoms with Gasteiger partial charge in [-0.3, -0.25) is 4.79 Å². The van der Waals surface area contributed by atoms with Gasteiger partial charge in [0, 0.05) is 21.7 Å². The number of furan rings is 1. The van der Waals surface area contributed by atoms with Gasteiger partial charge in [-0.2, -0.15) is 0 Å². The van der Waals surface area contributed by atoms with E-state index in [1.165, 1.54) is 6.26 Å². The van der Waals surface area contributed by atoms with Crippen LogP contribution in [0.3, 0.4) is 0 Å². The number of pyridine rings is 1. The number of aryl methyl sites for hydroxylation is 2. The molecule has 0 unspecified atom stereocenters. The van der Waals surface area contributed by atoms with Crippen molar-refractivity contribution in [3.8, 4) is 0 Å². The summed E-state index contributed by atoms with van der Waals surface area (Å²) in [6, 6.07) is 14.8. The van der Waals surface area contributed by atoms with E-state index >= 15 is 0 Å². The number of aromatic nitrogens is 1. The number of amides is 1. The molecule has 0 radical (unpaired) electrons. The number of hydrogen-bond acceptors (Lipinski definition) is 5. The minimum atomic E-state index is -0.281. The van der Waals surface area contributed by atoms with Crippen LogP contribution >= 0.6 is 22.9 Å². The molecule has 1 atom stereocenters. The van der Waals surface area contributed by atoms with Crippen LogP contribution in [-0.2, 0) is 0 Å². The maximum atomic E-state index is 12.7. The van der Waals surface area contributed by atoms with Gasteiger partial charge in [-0.15, -0.1) is 11.3 Å². The van der Waals surface area contributed by atoms with Gasteiger partial charge in [-0.25, -0.2) is 4.98 Å². The number of nitrogens with one attached hydrogen (secondary N) is 2. The standard InChI is InChI=1S/C24H22ClN3O2S/c1-14-10-11-26-20(13-14)27-22(17-6-8-18(25)9-7-17)21-15(2)16(3)31-24(21)28-23(29)19-5-4-12-30-19/h4-13,22H,1-3H3,(H,26,27)(H,28,29)/t22-/m1/s1. The Balaban J connectivity index is 1.78. The lowest BCUT2D eigenvalue weighted by Crippen LogP contribution is -2.17. The van der Waals surface area contributed by atoms with Crippen molar-refractivity contribution in [1.82, 2.24) is 4.98 Å². The Hall–Kier alpha value is -3.09. The van der Waals surface area contributed by atoms with Gasteiger partial charge in [0.05, 0.1) is 12.3 Å². The second-order valence-corrected chi connectivity index (χ2v) is 8.97. The molecule has 0 bridgehead atoms. The Morgan fingerprint density at radius 3 is 2.58 bits per heavy atom. The first-order valence-electron chi connectivity index (χ1n) is 9.82. The number of carbonyl (C=O) groups is 1. The molecule has 0 aliphatic carbocycles. The first-order valence-corrected chi connectivity index (χ1v) is 11.0. The highest BCUT2D eigenvalue weighted by atomic mass is 35.5. The molecule has 0 saturated heterocycles. The number of halogens is 1. The number of rotatable bonds is 6. The average molecular weight is 452 g/mol. The van der Waals surface area contributed by atoms with Crippen molar-refractivity contribution in [2.75, 3.05) is 10.6 Å². The number of benzene rings is 1. The van der Waals surface area contributed by atoms with E-state index in [9.17, 15) is 4.79 Å². The van der Waals surface area contributed by atoms with Crippen molar-refractivity contribution in [2.45, 2.75) is 26.8 Å². The van der Waals surface area contributed by atoms with Gasteiger partial charge >= 0.3 is 0 Å². The van der Waals surface area contributed by atoms with Crippen molar-refractivity contribution < 1.29 is 9.21 Å². The van der Waals surface area contributed by atoms with Crippen molar-refractivity contribution in [2.24, 2.45) is 0 Å². The van der Waals surface area contributed by atoms with Crippen LogP contribution in [0.2, 0.25) is 5.02 Å². The monoisotopic (exact) mass is 451 g/mol. The van der Waals surface area contributed by atoms with E-state index in [1.807, 2.05) is 43.3 Å².